The first-order valence-electron chi connectivity index (χ1n) is 8.16. The maximum absolute atomic E-state index is 11.9. The van der Waals surface area contributed by atoms with E-state index >= 15 is 0 Å². The lowest BCUT2D eigenvalue weighted by Gasteiger charge is -2.07. The number of aromatic nitrogens is 2. The van der Waals surface area contributed by atoms with Gasteiger partial charge in [0, 0.05) is 23.4 Å². The standard InChI is InChI=1S/C18H22ClN3O2S/c1-12(2)6-7-20-16(23)9-15-10-17(24)22-18(21-15)25-11-13-4-3-5-14(19)8-13/h3-5,8,10,12H,6-7,9,11H2,1-2H3,(H,20,23)(H,21,22,24). The quantitative estimate of drug-likeness (QED) is 0.544. The summed E-state index contributed by atoms with van der Waals surface area (Å²) < 4.78 is 0. The van der Waals surface area contributed by atoms with E-state index in [1.165, 1.54) is 17.8 Å². The monoisotopic (exact) mass is 379 g/mol. The molecule has 134 valence electrons. The van der Waals surface area contributed by atoms with E-state index in [2.05, 4.69) is 29.1 Å². The van der Waals surface area contributed by atoms with Crippen LogP contribution in [-0.4, -0.2) is 22.4 Å². The van der Waals surface area contributed by atoms with E-state index in [9.17, 15) is 9.59 Å². The molecule has 0 saturated heterocycles. The molecule has 0 aliphatic rings. The molecule has 1 aromatic carbocycles. The number of aromatic amines is 1. The number of H-pyrrole nitrogens is 1. The summed E-state index contributed by atoms with van der Waals surface area (Å²) >= 11 is 7.37. The molecule has 0 spiro atoms. The van der Waals surface area contributed by atoms with Gasteiger partial charge in [-0.2, -0.15) is 0 Å². The number of halogens is 1. The Balaban J connectivity index is 1.95. The van der Waals surface area contributed by atoms with Crippen molar-refractivity contribution in [2.24, 2.45) is 5.92 Å². The molecule has 1 aromatic heterocycles. The lowest BCUT2D eigenvalue weighted by molar-refractivity contribution is -0.120. The Hall–Kier alpha value is -1.79. The average molecular weight is 380 g/mol. The second-order valence-electron chi connectivity index (χ2n) is 6.17. The third-order valence-corrected chi connectivity index (χ3v) is 4.60. The smallest absolute Gasteiger partial charge is 0.251 e. The summed E-state index contributed by atoms with van der Waals surface area (Å²) in [6.07, 6.45) is 1.03. The van der Waals surface area contributed by atoms with Gasteiger partial charge in [0.25, 0.3) is 5.56 Å². The molecular formula is C18H22ClN3O2S. The number of hydrogen-bond acceptors (Lipinski definition) is 4. The Morgan fingerprint density at radius 3 is 2.88 bits per heavy atom. The van der Waals surface area contributed by atoms with Gasteiger partial charge in [-0.15, -0.1) is 0 Å². The first-order valence-corrected chi connectivity index (χ1v) is 9.53. The van der Waals surface area contributed by atoms with Gasteiger partial charge in [0.1, 0.15) is 0 Å². The van der Waals surface area contributed by atoms with Crippen LogP contribution in [0.4, 0.5) is 0 Å². The minimum atomic E-state index is -0.256. The Kier molecular flexibility index (Phi) is 7.52. The molecule has 0 radical (unpaired) electrons. The van der Waals surface area contributed by atoms with Crippen LogP contribution in [0, 0.1) is 5.92 Å². The second-order valence-corrected chi connectivity index (χ2v) is 7.57. The van der Waals surface area contributed by atoms with Crippen molar-refractivity contribution in [2.45, 2.75) is 37.6 Å². The highest BCUT2D eigenvalue weighted by Crippen LogP contribution is 2.20. The van der Waals surface area contributed by atoms with Crippen LogP contribution in [0.1, 0.15) is 31.5 Å². The van der Waals surface area contributed by atoms with E-state index in [0.717, 1.165) is 12.0 Å². The molecule has 1 heterocycles. The molecule has 0 fully saturated rings. The molecule has 7 heteroatoms. The van der Waals surface area contributed by atoms with Crippen molar-refractivity contribution < 1.29 is 4.79 Å². The maximum atomic E-state index is 11.9. The highest BCUT2D eigenvalue weighted by atomic mass is 35.5. The first kappa shape index (κ1) is 19.5. The number of nitrogens with zero attached hydrogens (tertiary/aromatic N) is 1. The summed E-state index contributed by atoms with van der Waals surface area (Å²) in [5.41, 5.74) is 1.25. The normalized spacial score (nSPS) is 10.9. The number of carbonyl (C=O) groups is 1. The topological polar surface area (TPSA) is 74.8 Å². The largest absolute Gasteiger partial charge is 0.356 e. The fourth-order valence-corrected chi connectivity index (χ4v) is 3.20. The van der Waals surface area contributed by atoms with Crippen LogP contribution in [0.2, 0.25) is 5.02 Å². The molecule has 2 N–H and O–H groups in total. The minimum absolute atomic E-state index is 0.104. The Bertz CT molecular complexity index is 777. The van der Waals surface area contributed by atoms with Crippen LogP contribution in [0.15, 0.2) is 40.3 Å². The molecule has 0 bridgehead atoms. The number of benzene rings is 1. The summed E-state index contributed by atoms with van der Waals surface area (Å²) in [7, 11) is 0. The third kappa shape index (κ3) is 7.32. The molecule has 0 aliphatic heterocycles. The molecule has 5 nitrogen and oxygen atoms in total. The zero-order valence-electron chi connectivity index (χ0n) is 14.3. The zero-order valence-corrected chi connectivity index (χ0v) is 15.9. The van der Waals surface area contributed by atoms with Crippen molar-refractivity contribution in [3.8, 4) is 0 Å². The highest BCUT2D eigenvalue weighted by Gasteiger charge is 2.08. The predicted molar refractivity (Wildman–Crippen MR) is 102 cm³/mol. The van der Waals surface area contributed by atoms with Gasteiger partial charge in [-0.1, -0.05) is 49.3 Å². The van der Waals surface area contributed by atoms with Crippen molar-refractivity contribution in [3.63, 3.8) is 0 Å². The summed E-state index contributed by atoms with van der Waals surface area (Å²) in [4.78, 5) is 30.8. The SMILES string of the molecule is CC(C)CCNC(=O)Cc1cc(=O)[nH]c(SCc2cccc(Cl)c2)n1. The number of thioether (sulfide) groups is 1. The molecule has 2 aromatic rings. The van der Waals surface area contributed by atoms with E-state index in [4.69, 9.17) is 11.6 Å². The van der Waals surface area contributed by atoms with Crippen LogP contribution < -0.4 is 10.9 Å². The van der Waals surface area contributed by atoms with E-state index in [1.54, 1.807) is 0 Å². The Morgan fingerprint density at radius 2 is 2.16 bits per heavy atom. The molecule has 2 rings (SSSR count). The molecule has 25 heavy (non-hydrogen) atoms. The Morgan fingerprint density at radius 1 is 1.36 bits per heavy atom. The van der Waals surface area contributed by atoms with Crippen molar-refractivity contribution in [2.75, 3.05) is 6.54 Å². The fraction of sp³-hybridized carbons (Fsp3) is 0.389. The van der Waals surface area contributed by atoms with Gasteiger partial charge in [0.2, 0.25) is 5.91 Å². The molecule has 0 saturated carbocycles. The van der Waals surface area contributed by atoms with Crippen molar-refractivity contribution in [1.29, 1.82) is 0 Å². The van der Waals surface area contributed by atoms with E-state index in [0.29, 0.717) is 34.1 Å². The van der Waals surface area contributed by atoms with Crippen LogP contribution >= 0.6 is 23.4 Å². The van der Waals surface area contributed by atoms with Gasteiger partial charge in [-0.05, 0) is 30.0 Å². The van der Waals surface area contributed by atoms with Crippen LogP contribution in [0.3, 0.4) is 0 Å². The number of nitrogens with one attached hydrogen (secondary N) is 2. The highest BCUT2D eigenvalue weighted by molar-refractivity contribution is 7.98. The first-order chi connectivity index (χ1) is 11.9. The summed E-state index contributed by atoms with van der Waals surface area (Å²) in [6, 6.07) is 8.90. The lowest BCUT2D eigenvalue weighted by Crippen LogP contribution is -2.27. The molecule has 0 atom stereocenters. The van der Waals surface area contributed by atoms with Crippen molar-refractivity contribution in [3.05, 3.63) is 57.0 Å². The van der Waals surface area contributed by atoms with Gasteiger partial charge >= 0.3 is 0 Å². The van der Waals surface area contributed by atoms with Crippen LogP contribution in [0.5, 0.6) is 0 Å². The molecular weight excluding hydrogens is 358 g/mol. The fourth-order valence-electron chi connectivity index (χ4n) is 2.15. The summed E-state index contributed by atoms with van der Waals surface area (Å²) in [5.74, 6) is 1.05. The summed E-state index contributed by atoms with van der Waals surface area (Å²) in [6.45, 7) is 4.85. The average Bonchev–Trinajstić information content (AvgIpc) is 2.52. The van der Waals surface area contributed by atoms with Gasteiger partial charge in [-0.3, -0.25) is 9.59 Å². The number of carbonyl (C=O) groups excluding carboxylic acids is 1. The molecule has 1 amide bonds. The van der Waals surface area contributed by atoms with Crippen molar-refractivity contribution in [1.82, 2.24) is 15.3 Å². The van der Waals surface area contributed by atoms with Crippen LogP contribution in [-0.2, 0) is 17.0 Å². The summed E-state index contributed by atoms with van der Waals surface area (Å²) in [5, 5.41) is 4.02. The van der Waals surface area contributed by atoms with E-state index in [-0.39, 0.29) is 17.9 Å². The van der Waals surface area contributed by atoms with E-state index in [1.807, 2.05) is 24.3 Å². The number of hydrogen-bond donors (Lipinski definition) is 2. The van der Waals surface area contributed by atoms with Gasteiger partial charge < -0.3 is 10.3 Å². The number of amides is 1. The molecule has 0 unspecified atom stereocenters. The second kappa shape index (κ2) is 9.63. The van der Waals surface area contributed by atoms with Gasteiger partial charge in [0.15, 0.2) is 5.16 Å². The Labute approximate surface area is 156 Å². The van der Waals surface area contributed by atoms with Crippen molar-refractivity contribution >= 4 is 29.3 Å². The maximum Gasteiger partial charge on any atom is 0.251 e. The lowest BCUT2D eigenvalue weighted by atomic mass is 10.1. The van der Waals surface area contributed by atoms with Gasteiger partial charge in [-0.25, -0.2) is 4.98 Å². The number of rotatable bonds is 8. The minimum Gasteiger partial charge on any atom is -0.356 e. The third-order valence-electron chi connectivity index (χ3n) is 3.42. The van der Waals surface area contributed by atoms with E-state index < -0.39 is 0 Å². The molecule has 0 aliphatic carbocycles. The van der Waals surface area contributed by atoms with Crippen LogP contribution in [0.25, 0.3) is 0 Å². The predicted octanol–water partition coefficient (Wildman–Crippen LogP) is 3.42. The van der Waals surface area contributed by atoms with Gasteiger partial charge in [0.05, 0.1) is 12.1 Å². The zero-order chi connectivity index (χ0) is 18.2.